The molecule has 0 aliphatic rings. The third kappa shape index (κ3) is 2.33. The van der Waals surface area contributed by atoms with E-state index < -0.39 is 5.97 Å². The Hall–Kier alpha value is -3.08. The van der Waals surface area contributed by atoms with E-state index in [-0.39, 0.29) is 11.3 Å². The Morgan fingerprint density at radius 3 is 2.64 bits per heavy atom. The second kappa shape index (κ2) is 5.37. The van der Waals surface area contributed by atoms with Gasteiger partial charge in [-0.3, -0.25) is 4.98 Å². The number of hydrogen-bond acceptors (Lipinski definition) is 3. The molecule has 0 saturated carbocycles. The summed E-state index contributed by atoms with van der Waals surface area (Å²) in [5, 5.41) is 19.1. The van der Waals surface area contributed by atoms with Crippen LogP contribution in [-0.4, -0.2) is 25.7 Å². The lowest BCUT2D eigenvalue weighted by Gasteiger charge is -2.12. The number of hydrogen-bond donors (Lipinski definition) is 2. The van der Waals surface area contributed by atoms with Crippen molar-refractivity contribution in [1.82, 2.24) is 9.55 Å². The van der Waals surface area contributed by atoms with Gasteiger partial charge in [0.1, 0.15) is 5.75 Å². The minimum Gasteiger partial charge on any atom is -0.508 e. The topological polar surface area (TPSA) is 75.3 Å². The zero-order valence-electron chi connectivity index (χ0n) is 11.9. The van der Waals surface area contributed by atoms with Crippen LogP contribution in [0.15, 0.2) is 54.9 Å². The number of phenolic OH excluding ortho intramolecular Hbond substituents is 1. The Bertz CT molecular complexity index is 838. The summed E-state index contributed by atoms with van der Waals surface area (Å²) in [6.45, 7) is 1.74. The van der Waals surface area contributed by atoms with Gasteiger partial charge in [-0.25, -0.2) is 4.79 Å². The van der Waals surface area contributed by atoms with Gasteiger partial charge in [-0.2, -0.15) is 0 Å². The second-order valence-electron chi connectivity index (χ2n) is 4.93. The van der Waals surface area contributed by atoms with E-state index in [0.29, 0.717) is 17.1 Å². The first-order valence-electron chi connectivity index (χ1n) is 6.73. The number of aromatic nitrogens is 2. The maximum atomic E-state index is 11.4. The summed E-state index contributed by atoms with van der Waals surface area (Å²) in [6, 6.07) is 12.0. The van der Waals surface area contributed by atoms with Crippen molar-refractivity contribution in [2.75, 3.05) is 0 Å². The lowest BCUT2D eigenvalue weighted by molar-refractivity contribution is 0.0696. The molecule has 2 N–H and O–H groups in total. The maximum Gasteiger partial charge on any atom is 0.337 e. The highest BCUT2D eigenvalue weighted by atomic mass is 16.4. The van der Waals surface area contributed by atoms with Crippen LogP contribution in [0.3, 0.4) is 0 Å². The van der Waals surface area contributed by atoms with E-state index in [9.17, 15) is 15.0 Å². The third-order valence-corrected chi connectivity index (χ3v) is 3.52. The Balaban J connectivity index is 2.30. The van der Waals surface area contributed by atoms with E-state index >= 15 is 0 Å². The van der Waals surface area contributed by atoms with Gasteiger partial charge in [-0.05, 0) is 37.3 Å². The van der Waals surface area contributed by atoms with Crippen molar-refractivity contribution in [2.24, 2.45) is 0 Å². The Labute approximate surface area is 127 Å². The van der Waals surface area contributed by atoms with Gasteiger partial charge in [0.05, 0.1) is 11.3 Å². The van der Waals surface area contributed by atoms with Crippen molar-refractivity contribution in [3.05, 3.63) is 66.1 Å². The van der Waals surface area contributed by atoms with Crippen LogP contribution in [0.1, 0.15) is 16.1 Å². The van der Waals surface area contributed by atoms with Crippen LogP contribution in [0.2, 0.25) is 0 Å². The monoisotopic (exact) mass is 294 g/mol. The molecule has 0 amide bonds. The third-order valence-electron chi connectivity index (χ3n) is 3.52. The van der Waals surface area contributed by atoms with Gasteiger partial charge in [0, 0.05) is 35.4 Å². The molecule has 22 heavy (non-hydrogen) atoms. The molecule has 0 saturated heterocycles. The Kier molecular flexibility index (Phi) is 3.39. The summed E-state index contributed by atoms with van der Waals surface area (Å²) in [7, 11) is 0. The van der Waals surface area contributed by atoms with Crippen LogP contribution in [0, 0.1) is 6.92 Å². The molecule has 0 radical (unpaired) electrons. The van der Waals surface area contributed by atoms with Gasteiger partial charge < -0.3 is 14.8 Å². The number of carboxylic acid groups (broad SMARTS) is 1. The molecule has 0 aliphatic heterocycles. The average molecular weight is 294 g/mol. The van der Waals surface area contributed by atoms with Crippen LogP contribution in [0.4, 0.5) is 0 Å². The highest BCUT2D eigenvalue weighted by Crippen LogP contribution is 2.30. The molecule has 2 aromatic heterocycles. The molecular weight excluding hydrogens is 280 g/mol. The smallest absolute Gasteiger partial charge is 0.337 e. The number of benzene rings is 1. The standard InChI is InChI=1S/C17H14N2O3/c1-11-15(17(21)22)9-16(12-4-3-7-18-10-12)19(11)13-5-2-6-14(20)8-13/h2-10,20H,1H3,(H,21,22). The maximum absolute atomic E-state index is 11.4. The first-order valence-corrected chi connectivity index (χ1v) is 6.73. The van der Waals surface area contributed by atoms with Crippen LogP contribution in [0.5, 0.6) is 5.75 Å². The van der Waals surface area contributed by atoms with Gasteiger partial charge in [-0.1, -0.05) is 6.07 Å². The molecule has 3 aromatic rings. The van der Waals surface area contributed by atoms with E-state index in [2.05, 4.69) is 4.98 Å². The van der Waals surface area contributed by atoms with Crippen LogP contribution < -0.4 is 0 Å². The van der Waals surface area contributed by atoms with E-state index in [1.807, 2.05) is 12.1 Å². The Morgan fingerprint density at radius 1 is 1.18 bits per heavy atom. The molecule has 0 unspecified atom stereocenters. The number of rotatable bonds is 3. The van der Waals surface area contributed by atoms with E-state index in [4.69, 9.17) is 0 Å². The number of carbonyl (C=O) groups is 1. The molecule has 0 spiro atoms. The van der Waals surface area contributed by atoms with Crippen molar-refractivity contribution in [1.29, 1.82) is 0 Å². The predicted octanol–water partition coefficient (Wildman–Crippen LogP) is 3.25. The highest BCUT2D eigenvalue weighted by molar-refractivity contribution is 5.91. The summed E-state index contributed by atoms with van der Waals surface area (Å²) >= 11 is 0. The highest BCUT2D eigenvalue weighted by Gasteiger charge is 2.19. The molecular formula is C17H14N2O3. The summed E-state index contributed by atoms with van der Waals surface area (Å²) in [4.78, 5) is 15.5. The zero-order chi connectivity index (χ0) is 15.7. The fourth-order valence-electron chi connectivity index (χ4n) is 2.51. The van der Waals surface area contributed by atoms with Gasteiger partial charge >= 0.3 is 5.97 Å². The number of aromatic hydroxyl groups is 1. The first-order chi connectivity index (χ1) is 10.6. The van der Waals surface area contributed by atoms with Crippen molar-refractivity contribution in [3.8, 4) is 22.7 Å². The van der Waals surface area contributed by atoms with Crippen LogP contribution >= 0.6 is 0 Å². The predicted molar refractivity (Wildman–Crippen MR) is 82.4 cm³/mol. The molecule has 110 valence electrons. The van der Waals surface area contributed by atoms with E-state index in [1.165, 1.54) is 0 Å². The van der Waals surface area contributed by atoms with E-state index in [1.54, 1.807) is 54.2 Å². The first kappa shape index (κ1) is 13.9. The summed E-state index contributed by atoms with van der Waals surface area (Å²) < 4.78 is 1.81. The zero-order valence-corrected chi connectivity index (χ0v) is 11.9. The van der Waals surface area contributed by atoms with Gasteiger partial charge in [0.2, 0.25) is 0 Å². The molecule has 0 aliphatic carbocycles. The van der Waals surface area contributed by atoms with Gasteiger partial charge in [0.25, 0.3) is 0 Å². The SMILES string of the molecule is Cc1c(C(=O)O)cc(-c2cccnc2)n1-c1cccc(O)c1. The van der Waals surface area contributed by atoms with Crippen LogP contribution in [-0.2, 0) is 0 Å². The van der Waals surface area contributed by atoms with Crippen molar-refractivity contribution >= 4 is 5.97 Å². The fraction of sp³-hybridized carbons (Fsp3) is 0.0588. The summed E-state index contributed by atoms with van der Waals surface area (Å²) in [5.74, 6) is -0.860. The minimum atomic E-state index is -0.985. The summed E-state index contributed by atoms with van der Waals surface area (Å²) in [5.41, 5.74) is 3.04. The molecule has 0 atom stereocenters. The average Bonchev–Trinajstić information content (AvgIpc) is 2.86. The molecule has 5 nitrogen and oxygen atoms in total. The van der Waals surface area contributed by atoms with Crippen molar-refractivity contribution < 1.29 is 15.0 Å². The molecule has 0 fully saturated rings. The number of nitrogens with zero attached hydrogens (tertiary/aromatic N) is 2. The minimum absolute atomic E-state index is 0.125. The second-order valence-corrected chi connectivity index (χ2v) is 4.93. The largest absolute Gasteiger partial charge is 0.508 e. The quantitative estimate of drug-likeness (QED) is 0.777. The fourth-order valence-corrected chi connectivity index (χ4v) is 2.51. The molecule has 1 aromatic carbocycles. The molecule has 0 bridgehead atoms. The number of pyridine rings is 1. The molecule has 5 heteroatoms. The molecule has 3 rings (SSSR count). The van der Waals surface area contributed by atoms with Crippen molar-refractivity contribution in [3.63, 3.8) is 0 Å². The lowest BCUT2D eigenvalue weighted by atomic mass is 10.2. The van der Waals surface area contributed by atoms with Gasteiger partial charge in [-0.15, -0.1) is 0 Å². The lowest BCUT2D eigenvalue weighted by Crippen LogP contribution is -2.02. The van der Waals surface area contributed by atoms with Crippen LogP contribution in [0.25, 0.3) is 16.9 Å². The molecule has 2 heterocycles. The van der Waals surface area contributed by atoms with Gasteiger partial charge in [0.15, 0.2) is 0 Å². The Morgan fingerprint density at radius 2 is 2.00 bits per heavy atom. The number of aromatic carboxylic acids is 1. The number of carboxylic acids is 1. The van der Waals surface area contributed by atoms with E-state index in [0.717, 1.165) is 5.56 Å². The summed E-state index contributed by atoms with van der Waals surface area (Å²) in [6.07, 6.45) is 3.34. The van der Waals surface area contributed by atoms with Crippen molar-refractivity contribution in [2.45, 2.75) is 6.92 Å². The normalized spacial score (nSPS) is 10.6. The number of phenols is 1.